The van der Waals surface area contributed by atoms with Gasteiger partial charge in [0, 0.05) is 11.3 Å². The standard InChI is InChI=1S/C18H15ClN4OS/c1-12-7-9-14(10-8-12)21-18-22-16(19)15(25-18)11-20-23-17(24)13-5-3-2-4-6-13/h2-11H,1H3,(H,21,22)(H,23,24)/b20-11+. The summed E-state index contributed by atoms with van der Waals surface area (Å²) in [6.45, 7) is 2.03. The van der Waals surface area contributed by atoms with Crippen molar-refractivity contribution in [2.24, 2.45) is 5.10 Å². The number of thiazole rings is 1. The Morgan fingerprint density at radius 3 is 2.60 bits per heavy atom. The van der Waals surface area contributed by atoms with Gasteiger partial charge < -0.3 is 5.32 Å². The summed E-state index contributed by atoms with van der Waals surface area (Å²) >= 11 is 7.48. The third kappa shape index (κ3) is 4.65. The van der Waals surface area contributed by atoms with Gasteiger partial charge in [-0.05, 0) is 31.2 Å². The number of halogens is 1. The second-order valence-corrected chi connectivity index (χ2v) is 6.62. The van der Waals surface area contributed by atoms with Crippen LogP contribution in [0.1, 0.15) is 20.8 Å². The number of carbonyl (C=O) groups excluding carboxylic acids is 1. The molecule has 0 unspecified atom stereocenters. The number of aromatic nitrogens is 1. The predicted octanol–water partition coefficient (Wildman–Crippen LogP) is 4.61. The summed E-state index contributed by atoms with van der Waals surface area (Å²) in [5, 5.41) is 8.12. The number of anilines is 2. The Hall–Kier alpha value is -2.70. The molecule has 2 N–H and O–H groups in total. The van der Waals surface area contributed by atoms with Gasteiger partial charge in [-0.2, -0.15) is 5.10 Å². The smallest absolute Gasteiger partial charge is 0.271 e. The number of amides is 1. The maximum absolute atomic E-state index is 11.9. The maximum Gasteiger partial charge on any atom is 0.271 e. The van der Waals surface area contributed by atoms with Crippen LogP contribution in [0.3, 0.4) is 0 Å². The normalized spacial score (nSPS) is 10.8. The van der Waals surface area contributed by atoms with Crippen LogP contribution in [0.15, 0.2) is 59.7 Å². The molecule has 1 amide bonds. The van der Waals surface area contributed by atoms with E-state index in [2.05, 4.69) is 20.8 Å². The first-order valence-corrected chi connectivity index (χ1v) is 8.70. The number of nitrogens with one attached hydrogen (secondary N) is 2. The van der Waals surface area contributed by atoms with E-state index in [4.69, 9.17) is 11.6 Å². The molecule has 1 heterocycles. The van der Waals surface area contributed by atoms with Gasteiger partial charge in [-0.3, -0.25) is 4.79 Å². The molecule has 126 valence electrons. The van der Waals surface area contributed by atoms with Gasteiger partial charge in [0.1, 0.15) is 0 Å². The van der Waals surface area contributed by atoms with Gasteiger partial charge in [0.05, 0.1) is 11.1 Å². The fraction of sp³-hybridized carbons (Fsp3) is 0.0556. The van der Waals surface area contributed by atoms with Gasteiger partial charge in [-0.25, -0.2) is 10.4 Å². The highest BCUT2D eigenvalue weighted by molar-refractivity contribution is 7.17. The number of benzene rings is 2. The SMILES string of the molecule is Cc1ccc(Nc2nc(Cl)c(/C=N/NC(=O)c3ccccc3)s2)cc1. The van der Waals surface area contributed by atoms with Gasteiger partial charge in [-0.1, -0.05) is 58.8 Å². The quantitative estimate of drug-likeness (QED) is 0.509. The van der Waals surface area contributed by atoms with Crippen molar-refractivity contribution in [3.05, 3.63) is 75.8 Å². The molecule has 5 nitrogen and oxygen atoms in total. The van der Waals surface area contributed by atoms with Gasteiger partial charge in [0.2, 0.25) is 0 Å². The molecular weight excluding hydrogens is 356 g/mol. The second kappa shape index (κ2) is 7.92. The molecule has 0 atom stereocenters. The largest absolute Gasteiger partial charge is 0.331 e. The summed E-state index contributed by atoms with van der Waals surface area (Å²) in [4.78, 5) is 16.8. The summed E-state index contributed by atoms with van der Waals surface area (Å²) in [5.74, 6) is -0.282. The Kier molecular flexibility index (Phi) is 5.42. The zero-order valence-electron chi connectivity index (χ0n) is 13.4. The number of hydrazone groups is 1. The molecule has 0 spiro atoms. The van der Waals surface area contributed by atoms with Crippen molar-refractivity contribution in [1.29, 1.82) is 0 Å². The van der Waals surface area contributed by atoms with E-state index in [1.54, 1.807) is 24.3 Å². The molecule has 0 saturated carbocycles. The molecule has 1 aromatic heterocycles. The minimum atomic E-state index is -0.282. The molecule has 0 aliphatic carbocycles. The predicted molar refractivity (Wildman–Crippen MR) is 103 cm³/mol. The average Bonchev–Trinajstić information content (AvgIpc) is 2.97. The zero-order valence-corrected chi connectivity index (χ0v) is 14.9. The lowest BCUT2D eigenvalue weighted by atomic mass is 10.2. The third-order valence-corrected chi connectivity index (χ3v) is 4.60. The van der Waals surface area contributed by atoms with Crippen molar-refractivity contribution in [1.82, 2.24) is 10.4 Å². The first-order chi connectivity index (χ1) is 12.1. The van der Waals surface area contributed by atoms with Crippen LogP contribution in [-0.4, -0.2) is 17.1 Å². The van der Waals surface area contributed by atoms with Gasteiger partial charge in [-0.15, -0.1) is 0 Å². The topological polar surface area (TPSA) is 66.4 Å². The van der Waals surface area contributed by atoms with Crippen LogP contribution >= 0.6 is 22.9 Å². The number of hydrogen-bond acceptors (Lipinski definition) is 5. The van der Waals surface area contributed by atoms with Gasteiger partial charge in [0.15, 0.2) is 10.3 Å². The summed E-state index contributed by atoms with van der Waals surface area (Å²) in [6, 6.07) is 16.8. The van der Waals surface area contributed by atoms with E-state index in [1.165, 1.54) is 23.1 Å². The third-order valence-electron chi connectivity index (χ3n) is 3.30. The van der Waals surface area contributed by atoms with E-state index in [0.29, 0.717) is 20.7 Å². The number of rotatable bonds is 5. The Balaban J connectivity index is 1.64. The molecule has 25 heavy (non-hydrogen) atoms. The van der Waals surface area contributed by atoms with Crippen molar-refractivity contribution in [2.45, 2.75) is 6.92 Å². The summed E-state index contributed by atoms with van der Waals surface area (Å²) in [7, 11) is 0. The Labute approximate surface area is 154 Å². The maximum atomic E-state index is 11.9. The van der Waals surface area contributed by atoms with Crippen LogP contribution in [0.2, 0.25) is 5.15 Å². The molecule has 0 aliphatic heterocycles. The number of carbonyl (C=O) groups is 1. The van der Waals surface area contributed by atoms with Crippen LogP contribution in [0.25, 0.3) is 0 Å². The molecule has 0 saturated heterocycles. The number of aryl methyl sites for hydroxylation is 1. The summed E-state index contributed by atoms with van der Waals surface area (Å²) in [5.41, 5.74) is 5.12. The molecule has 2 aromatic carbocycles. The van der Waals surface area contributed by atoms with Crippen LogP contribution in [-0.2, 0) is 0 Å². The Morgan fingerprint density at radius 1 is 1.16 bits per heavy atom. The lowest BCUT2D eigenvalue weighted by Crippen LogP contribution is -2.17. The first-order valence-electron chi connectivity index (χ1n) is 7.50. The van der Waals surface area contributed by atoms with E-state index < -0.39 is 0 Å². The van der Waals surface area contributed by atoms with Crippen LogP contribution in [0.5, 0.6) is 0 Å². The van der Waals surface area contributed by atoms with E-state index in [0.717, 1.165) is 5.69 Å². The van der Waals surface area contributed by atoms with Crippen molar-refractivity contribution in [3.8, 4) is 0 Å². The molecule has 3 aromatic rings. The lowest BCUT2D eigenvalue weighted by Gasteiger charge is -2.01. The number of hydrogen-bond donors (Lipinski definition) is 2. The molecule has 0 bridgehead atoms. The number of nitrogens with zero attached hydrogens (tertiary/aromatic N) is 2. The first kappa shape index (κ1) is 17.1. The van der Waals surface area contributed by atoms with Gasteiger partial charge >= 0.3 is 0 Å². The Morgan fingerprint density at radius 2 is 1.88 bits per heavy atom. The molecule has 3 rings (SSSR count). The lowest BCUT2D eigenvalue weighted by molar-refractivity contribution is 0.0955. The highest BCUT2D eigenvalue weighted by Gasteiger charge is 2.08. The molecule has 0 radical (unpaired) electrons. The van der Waals surface area contributed by atoms with Crippen LogP contribution < -0.4 is 10.7 Å². The van der Waals surface area contributed by atoms with Crippen molar-refractivity contribution < 1.29 is 4.79 Å². The molecule has 0 fully saturated rings. The summed E-state index contributed by atoms with van der Waals surface area (Å²) in [6.07, 6.45) is 1.49. The molecule has 0 aliphatic rings. The second-order valence-electron chi connectivity index (χ2n) is 5.23. The highest BCUT2D eigenvalue weighted by atomic mass is 35.5. The van der Waals surface area contributed by atoms with E-state index in [9.17, 15) is 4.79 Å². The van der Waals surface area contributed by atoms with Crippen LogP contribution in [0.4, 0.5) is 10.8 Å². The summed E-state index contributed by atoms with van der Waals surface area (Å²) < 4.78 is 0. The molecular formula is C18H15ClN4OS. The van der Waals surface area contributed by atoms with Crippen molar-refractivity contribution >= 4 is 45.9 Å². The Bertz CT molecular complexity index is 891. The minimum absolute atomic E-state index is 0.282. The average molecular weight is 371 g/mol. The monoisotopic (exact) mass is 370 g/mol. The van der Waals surface area contributed by atoms with E-state index in [-0.39, 0.29) is 5.91 Å². The van der Waals surface area contributed by atoms with E-state index in [1.807, 2.05) is 37.3 Å². The van der Waals surface area contributed by atoms with Crippen molar-refractivity contribution in [3.63, 3.8) is 0 Å². The van der Waals surface area contributed by atoms with E-state index >= 15 is 0 Å². The molecule has 7 heteroatoms. The van der Waals surface area contributed by atoms with Crippen LogP contribution in [0, 0.1) is 6.92 Å². The fourth-order valence-electron chi connectivity index (χ4n) is 2.01. The minimum Gasteiger partial charge on any atom is -0.331 e. The van der Waals surface area contributed by atoms with Gasteiger partial charge in [0.25, 0.3) is 5.91 Å². The van der Waals surface area contributed by atoms with Crippen molar-refractivity contribution in [2.75, 3.05) is 5.32 Å². The highest BCUT2D eigenvalue weighted by Crippen LogP contribution is 2.28. The zero-order chi connectivity index (χ0) is 17.6. The fourth-order valence-corrected chi connectivity index (χ4v) is 3.06.